The van der Waals surface area contributed by atoms with Gasteiger partial charge in [-0.25, -0.2) is 0 Å². The fourth-order valence-electron chi connectivity index (χ4n) is 2.62. The molecule has 1 aromatic rings. The molecule has 1 aliphatic rings. The van der Waals surface area contributed by atoms with E-state index in [1.54, 1.807) is 7.11 Å². The first kappa shape index (κ1) is 13.6. The lowest BCUT2D eigenvalue weighted by Gasteiger charge is -2.20. The number of rotatable bonds is 5. The van der Waals surface area contributed by atoms with Gasteiger partial charge in [-0.05, 0) is 36.5 Å². The summed E-state index contributed by atoms with van der Waals surface area (Å²) in [5.74, 6) is 3.07. The van der Waals surface area contributed by atoms with E-state index in [4.69, 9.17) is 4.74 Å². The van der Waals surface area contributed by atoms with Crippen LogP contribution in [0, 0.1) is 5.92 Å². The molecule has 0 amide bonds. The summed E-state index contributed by atoms with van der Waals surface area (Å²) in [6, 6.07) is 7.90. The van der Waals surface area contributed by atoms with Gasteiger partial charge in [-0.1, -0.05) is 31.4 Å². The van der Waals surface area contributed by atoms with Gasteiger partial charge in [-0.2, -0.15) is 0 Å². The molecule has 1 aliphatic carbocycles. The molecule has 0 radical (unpaired) electrons. The van der Waals surface area contributed by atoms with Gasteiger partial charge in [0.1, 0.15) is 5.75 Å². The van der Waals surface area contributed by atoms with Crippen molar-refractivity contribution in [2.24, 2.45) is 5.92 Å². The molecule has 0 unspecified atom stereocenters. The molecule has 0 saturated heterocycles. The third-order valence-electron chi connectivity index (χ3n) is 3.61. The van der Waals surface area contributed by atoms with Crippen LogP contribution in [0.4, 0.5) is 0 Å². The van der Waals surface area contributed by atoms with E-state index < -0.39 is 10.8 Å². The molecule has 1 aromatic carbocycles. The highest BCUT2D eigenvalue weighted by Gasteiger charge is 2.16. The average Bonchev–Trinajstić information content (AvgIpc) is 2.40. The first-order valence-corrected chi connectivity index (χ1v) is 8.24. The number of hydrogen-bond donors (Lipinski definition) is 0. The van der Waals surface area contributed by atoms with Crippen molar-refractivity contribution in [1.82, 2.24) is 0 Å². The van der Waals surface area contributed by atoms with E-state index in [0.717, 1.165) is 17.1 Å². The van der Waals surface area contributed by atoms with E-state index in [1.165, 1.54) is 32.1 Å². The summed E-state index contributed by atoms with van der Waals surface area (Å²) in [6.07, 6.45) is 6.54. The third-order valence-corrected chi connectivity index (χ3v) is 5.11. The lowest BCUT2D eigenvalue weighted by atomic mass is 9.91. The van der Waals surface area contributed by atoms with Crippen LogP contribution in [0.5, 0.6) is 5.75 Å². The predicted octanol–water partition coefficient (Wildman–Crippen LogP) is 3.52. The van der Waals surface area contributed by atoms with Crippen molar-refractivity contribution in [3.05, 3.63) is 29.8 Å². The van der Waals surface area contributed by atoms with Crippen LogP contribution in [0.2, 0.25) is 0 Å². The van der Waals surface area contributed by atoms with Gasteiger partial charge in [0.2, 0.25) is 0 Å². The van der Waals surface area contributed by atoms with Gasteiger partial charge in [0.25, 0.3) is 0 Å². The van der Waals surface area contributed by atoms with Gasteiger partial charge in [0.05, 0.1) is 7.11 Å². The molecular formula is C15H22O2S. The van der Waals surface area contributed by atoms with Crippen molar-refractivity contribution in [2.45, 2.75) is 37.9 Å². The van der Waals surface area contributed by atoms with Gasteiger partial charge in [-0.3, -0.25) is 4.21 Å². The standard InChI is InChI=1S/C15H22O2S/c1-17-15-9-5-8-14(10-15)12-18(16)11-13-6-3-2-4-7-13/h5,8-10,13H,2-4,6-7,11-12H2,1H3/t18-/m1/s1. The maximum atomic E-state index is 12.2. The van der Waals surface area contributed by atoms with E-state index >= 15 is 0 Å². The maximum absolute atomic E-state index is 12.2. The molecule has 1 saturated carbocycles. The first-order valence-electron chi connectivity index (χ1n) is 6.76. The number of methoxy groups -OCH3 is 1. The van der Waals surface area contributed by atoms with E-state index in [1.807, 2.05) is 24.3 Å². The lowest BCUT2D eigenvalue weighted by Crippen LogP contribution is -2.15. The van der Waals surface area contributed by atoms with E-state index in [2.05, 4.69) is 0 Å². The summed E-state index contributed by atoms with van der Waals surface area (Å²) < 4.78 is 17.3. The van der Waals surface area contributed by atoms with E-state index in [9.17, 15) is 4.21 Å². The highest BCUT2D eigenvalue weighted by Crippen LogP contribution is 2.25. The zero-order chi connectivity index (χ0) is 12.8. The zero-order valence-corrected chi connectivity index (χ0v) is 11.9. The smallest absolute Gasteiger partial charge is 0.119 e. The second kappa shape index (κ2) is 6.93. The summed E-state index contributed by atoms with van der Waals surface area (Å²) in [5, 5.41) is 0. The Morgan fingerprint density at radius 1 is 1.28 bits per heavy atom. The van der Waals surface area contributed by atoms with Crippen molar-refractivity contribution in [2.75, 3.05) is 12.9 Å². The third kappa shape index (κ3) is 4.13. The van der Waals surface area contributed by atoms with Gasteiger partial charge in [0, 0.05) is 22.3 Å². The van der Waals surface area contributed by atoms with Crippen molar-refractivity contribution in [1.29, 1.82) is 0 Å². The molecule has 1 atom stereocenters. The Morgan fingerprint density at radius 2 is 2.06 bits per heavy atom. The molecule has 0 N–H and O–H groups in total. The second-order valence-corrected chi connectivity index (χ2v) is 6.61. The molecule has 3 heteroatoms. The molecule has 100 valence electrons. The van der Waals surface area contributed by atoms with Gasteiger partial charge in [0.15, 0.2) is 0 Å². The molecule has 0 heterocycles. The summed E-state index contributed by atoms with van der Waals surface area (Å²) in [7, 11) is 0.930. The minimum atomic E-state index is -0.734. The average molecular weight is 266 g/mol. The van der Waals surface area contributed by atoms with Crippen molar-refractivity contribution in [3.8, 4) is 5.75 Å². The van der Waals surface area contributed by atoms with Crippen LogP contribution in [0.15, 0.2) is 24.3 Å². The summed E-state index contributed by atoms with van der Waals surface area (Å²) >= 11 is 0. The van der Waals surface area contributed by atoms with Crippen LogP contribution >= 0.6 is 0 Å². The number of ether oxygens (including phenoxy) is 1. The molecule has 0 aliphatic heterocycles. The predicted molar refractivity (Wildman–Crippen MR) is 76.3 cm³/mol. The van der Waals surface area contributed by atoms with Gasteiger partial charge in [-0.15, -0.1) is 0 Å². The largest absolute Gasteiger partial charge is 0.497 e. The Bertz CT molecular complexity index is 397. The molecule has 2 nitrogen and oxygen atoms in total. The molecule has 0 spiro atoms. The SMILES string of the molecule is COc1cccc(C[S@](=O)CC2CCCCC2)c1. The van der Waals surface area contributed by atoms with Gasteiger partial charge < -0.3 is 4.74 Å². The van der Waals surface area contributed by atoms with Gasteiger partial charge >= 0.3 is 0 Å². The van der Waals surface area contributed by atoms with Crippen LogP contribution in [0.1, 0.15) is 37.7 Å². The Balaban J connectivity index is 1.85. The highest BCUT2D eigenvalue weighted by molar-refractivity contribution is 7.84. The normalized spacial score (nSPS) is 18.5. The monoisotopic (exact) mass is 266 g/mol. The Kier molecular flexibility index (Phi) is 5.24. The summed E-state index contributed by atoms with van der Waals surface area (Å²) in [4.78, 5) is 0. The van der Waals surface area contributed by atoms with Crippen LogP contribution in [0.25, 0.3) is 0 Å². The highest BCUT2D eigenvalue weighted by atomic mass is 32.2. The van der Waals surface area contributed by atoms with E-state index in [-0.39, 0.29) is 0 Å². The molecule has 0 aromatic heterocycles. The summed E-state index contributed by atoms with van der Waals surface area (Å²) in [5.41, 5.74) is 1.11. The second-order valence-electron chi connectivity index (χ2n) is 5.11. The topological polar surface area (TPSA) is 26.3 Å². The number of hydrogen-bond acceptors (Lipinski definition) is 2. The number of benzene rings is 1. The van der Waals surface area contributed by atoms with E-state index in [0.29, 0.717) is 11.7 Å². The van der Waals surface area contributed by atoms with Crippen molar-refractivity contribution >= 4 is 10.8 Å². The molecule has 0 bridgehead atoms. The fourth-order valence-corrected chi connectivity index (χ4v) is 4.15. The Morgan fingerprint density at radius 3 is 2.78 bits per heavy atom. The van der Waals surface area contributed by atoms with Crippen LogP contribution in [0.3, 0.4) is 0 Å². The minimum Gasteiger partial charge on any atom is -0.497 e. The van der Waals surface area contributed by atoms with Crippen molar-refractivity contribution in [3.63, 3.8) is 0 Å². The Labute approximate surface area is 112 Å². The van der Waals surface area contributed by atoms with Crippen LogP contribution in [-0.2, 0) is 16.6 Å². The lowest BCUT2D eigenvalue weighted by molar-refractivity contribution is 0.388. The molecule has 18 heavy (non-hydrogen) atoms. The first-order chi connectivity index (χ1) is 8.78. The molecular weight excluding hydrogens is 244 g/mol. The Hall–Kier alpha value is -0.830. The molecule has 2 rings (SSSR count). The quantitative estimate of drug-likeness (QED) is 0.815. The molecule has 1 fully saturated rings. The van der Waals surface area contributed by atoms with Crippen LogP contribution < -0.4 is 4.74 Å². The minimum absolute atomic E-state index is 0.660. The summed E-state index contributed by atoms with van der Waals surface area (Å²) in [6.45, 7) is 0. The zero-order valence-electron chi connectivity index (χ0n) is 11.1. The van der Waals surface area contributed by atoms with Crippen LogP contribution in [-0.4, -0.2) is 17.1 Å². The van der Waals surface area contributed by atoms with Crippen molar-refractivity contribution < 1.29 is 8.95 Å². The fraction of sp³-hybridized carbons (Fsp3) is 0.600. The maximum Gasteiger partial charge on any atom is 0.119 e.